The first-order valence-corrected chi connectivity index (χ1v) is 8.93. The molecule has 1 saturated heterocycles. The Balaban J connectivity index is 0.00000210. The van der Waals surface area contributed by atoms with Gasteiger partial charge in [0.05, 0.1) is 6.42 Å². The maximum atomic E-state index is 13.1. The molecule has 1 aliphatic rings. The van der Waals surface area contributed by atoms with E-state index < -0.39 is 18.6 Å². The Morgan fingerprint density at radius 3 is 2.28 bits per heavy atom. The lowest BCUT2D eigenvalue weighted by Crippen LogP contribution is -2.46. The molecule has 0 radical (unpaired) electrons. The maximum absolute atomic E-state index is 13.1. The van der Waals surface area contributed by atoms with Crippen molar-refractivity contribution in [1.82, 2.24) is 10.2 Å². The molecule has 0 unspecified atom stereocenters. The summed E-state index contributed by atoms with van der Waals surface area (Å²) in [5, 5.41) is 13.5. The Hall–Kier alpha value is -1.67. The lowest BCUT2D eigenvalue weighted by Gasteiger charge is -2.36. The van der Waals surface area contributed by atoms with Crippen molar-refractivity contribution in [1.29, 1.82) is 0 Å². The van der Waals surface area contributed by atoms with Gasteiger partial charge in [0, 0.05) is 43.9 Å². The summed E-state index contributed by atoms with van der Waals surface area (Å²) in [6.07, 6.45) is -5.31. The summed E-state index contributed by atoms with van der Waals surface area (Å²) >= 11 is 0. The number of nitrogens with zero attached hydrogens (tertiary/aromatic N) is 1. The lowest BCUT2D eigenvalue weighted by molar-refractivity contribution is -0.148. The third-order valence-corrected chi connectivity index (χ3v) is 4.63. The van der Waals surface area contributed by atoms with Crippen LogP contribution in [0.1, 0.15) is 23.6 Å². The molecule has 162 valence electrons. The number of hydrogen-bond acceptors (Lipinski definition) is 4. The summed E-state index contributed by atoms with van der Waals surface area (Å²) < 4.78 is 45.0. The second kappa shape index (κ2) is 11.5. The Bertz CT molecular complexity index is 742. The zero-order valence-corrected chi connectivity index (χ0v) is 17.3. The van der Waals surface area contributed by atoms with Crippen LogP contribution in [0.4, 0.5) is 13.2 Å². The van der Waals surface area contributed by atoms with Gasteiger partial charge in [-0.3, -0.25) is 4.90 Å². The average molecular weight is 453 g/mol. The van der Waals surface area contributed by atoms with Crippen LogP contribution in [0.2, 0.25) is 0 Å². The first-order valence-electron chi connectivity index (χ1n) is 8.93. The molecule has 4 nitrogen and oxygen atoms in total. The van der Waals surface area contributed by atoms with Gasteiger partial charge >= 0.3 is 6.18 Å². The smallest absolute Gasteiger partial charge is 0.390 e. The summed E-state index contributed by atoms with van der Waals surface area (Å²) in [7, 11) is 0. The summed E-state index contributed by atoms with van der Waals surface area (Å²) in [6.45, 7) is 2.60. The van der Waals surface area contributed by atoms with E-state index in [1.807, 2.05) is 30.3 Å². The molecule has 1 aliphatic heterocycles. The molecule has 2 N–H and O–H groups in total. The third kappa shape index (κ3) is 7.59. The predicted octanol–water partition coefficient (Wildman–Crippen LogP) is 4.71. The maximum Gasteiger partial charge on any atom is 0.390 e. The SMILES string of the molecule is Cl.Cl.Oc1cc(OCc2ccccc2)ccc1[C@@H](CC(F)(F)F)N1CCNCC1. The first kappa shape index (κ1) is 25.4. The van der Waals surface area contributed by atoms with Gasteiger partial charge < -0.3 is 15.2 Å². The summed E-state index contributed by atoms with van der Waals surface area (Å²) in [5.74, 6) is 0.250. The van der Waals surface area contributed by atoms with Gasteiger partial charge in [0.15, 0.2) is 0 Å². The summed E-state index contributed by atoms with van der Waals surface area (Å²) in [6, 6.07) is 13.2. The molecule has 0 bridgehead atoms. The van der Waals surface area contributed by atoms with Crippen LogP contribution in [0.3, 0.4) is 0 Å². The molecular weight excluding hydrogens is 428 g/mol. The van der Waals surface area contributed by atoms with E-state index in [4.69, 9.17) is 4.74 Å². The molecule has 1 fully saturated rings. The van der Waals surface area contributed by atoms with Crippen LogP contribution in [0, 0.1) is 0 Å². The van der Waals surface area contributed by atoms with Gasteiger partial charge in [0.1, 0.15) is 18.1 Å². The fraction of sp³-hybridized carbons (Fsp3) is 0.400. The zero-order valence-electron chi connectivity index (χ0n) is 15.7. The Morgan fingerprint density at radius 2 is 1.69 bits per heavy atom. The number of aromatic hydroxyl groups is 1. The first-order chi connectivity index (χ1) is 12.9. The third-order valence-electron chi connectivity index (χ3n) is 4.63. The van der Waals surface area contributed by atoms with Gasteiger partial charge in [-0.2, -0.15) is 13.2 Å². The van der Waals surface area contributed by atoms with Crippen LogP contribution < -0.4 is 10.1 Å². The number of piperazine rings is 1. The van der Waals surface area contributed by atoms with Gasteiger partial charge in [-0.05, 0) is 11.6 Å². The second-order valence-corrected chi connectivity index (χ2v) is 6.62. The van der Waals surface area contributed by atoms with E-state index >= 15 is 0 Å². The highest BCUT2D eigenvalue weighted by atomic mass is 35.5. The minimum absolute atomic E-state index is 0. The molecule has 0 saturated carbocycles. The van der Waals surface area contributed by atoms with Crippen molar-refractivity contribution in [3.63, 3.8) is 0 Å². The number of ether oxygens (including phenoxy) is 1. The number of nitrogens with one attached hydrogen (secondary N) is 1. The summed E-state index contributed by atoms with van der Waals surface area (Å²) in [5.41, 5.74) is 1.25. The van der Waals surface area contributed by atoms with Crippen molar-refractivity contribution >= 4 is 24.8 Å². The molecule has 3 rings (SSSR count). The van der Waals surface area contributed by atoms with Crippen LogP contribution in [-0.4, -0.2) is 42.4 Å². The van der Waals surface area contributed by atoms with Crippen LogP contribution >= 0.6 is 24.8 Å². The van der Waals surface area contributed by atoms with E-state index in [1.165, 1.54) is 12.1 Å². The average Bonchev–Trinajstić information content (AvgIpc) is 2.66. The van der Waals surface area contributed by atoms with E-state index in [0.29, 0.717) is 38.5 Å². The topological polar surface area (TPSA) is 44.7 Å². The van der Waals surface area contributed by atoms with Crippen molar-refractivity contribution in [2.24, 2.45) is 0 Å². The molecule has 0 aliphatic carbocycles. The van der Waals surface area contributed by atoms with Crippen LogP contribution in [-0.2, 0) is 6.61 Å². The molecule has 1 atom stereocenters. The number of halogens is 5. The predicted molar refractivity (Wildman–Crippen MR) is 111 cm³/mol. The molecular formula is C20H25Cl2F3N2O2. The Morgan fingerprint density at radius 1 is 1.03 bits per heavy atom. The fourth-order valence-corrected chi connectivity index (χ4v) is 3.28. The van der Waals surface area contributed by atoms with E-state index in [1.54, 1.807) is 11.0 Å². The highest BCUT2D eigenvalue weighted by Crippen LogP contribution is 2.39. The second-order valence-electron chi connectivity index (χ2n) is 6.62. The van der Waals surface area contributed by atoms with Crippen molar-refractivity contribution in [2.75, 3.05) is 26.2 Å². The highest BCUT2D eigenvalue weighted by molar-refractivity contribution is 5.85. The van der Waals surface area contributed by atoms with Crippen molar-refractivity contribution in [2.45, 2.75) is 25.2 Å². The molecule has 1 heterocycles. The van der Waals surface area contributed by atoms with Crippen LogP contribution in [0.15, 0.2) is 48.5 Å². The molecule has 2 aromatic rings. The van der Waals surface area contributed by atoms with E-state index in [0.717, 1.165) is 5.56 Å². The molecule has 2 aromatic carbocycles. The number of hydrogen-bond donors (Lipinski definition) is 2. The number of phenols is 1. The minimum Gasteiger partial charge on any atom is -0.507 e. The van der Waals surface area contributed by atoms with Gasteiger partial charge in [-0.25, -0.2) is 0 Å². The Labute approximate surface area is 180 Å². The summed E-state index contributed by atoms with van der Waals surface area (Å²) in [4.78, 5) is 1.77. The fourth-order valence-electron chi connectivity index (χ4n) is 3.28. The van der Waals surface area contributed by atoms with Crippen LogP contribution in [0.25, 0.3) is 0 Å². The van der Waals surface area contributed by atoms with E-state index in [9.17, 15) is 18.3 Å². The number of phenolic OH excluding ortho intramolecular Hbond substituents is 1. The Kier molecular flexibility index (Phi) is 10.1. The van der Waals surface area contributed by atoms with Crippen molar-refractivity contribution < 1.29 is 23.0 Å². The van der Waals surface area contributed by atoms with Gasteiger partial charge in [-0.15, -0.1) is 24.8 Å². The quantitative estimate of drug-likeness (QED) is 0.665. The van der Waals surface area contributed by atoms with Crippen molar-refractivity contribution in [3.05, 3.63) is 59.7 Å². The number of alkyl halides is 3. The number of benzene rings is 2. The monoisotopic (exact) mass is 452 g/mol. The van der Waals surface area contributed by atoms with Gasteiger partial charge in [0.25, 0.3) is 0 Å². The van der Waals surface area contributed by atoms with E-state index in [-0.39, 0.29) is 36.1 Å². The zero-order chi connectivity index (χ0) is 19.3. The van der Waals surface area contributed by atoms with Crippen LogP contribution in [0.5, 0.6) is 11.5 Å². The lowest BCUT2D eigenvalue weighted by atomic mass is 9.99. The van der Waals surface area contributed by atoms with E-state index in [2.05, 4.69) is 5.32 Å². The standard InChI is InChI=1S/C20H23F3N2O2.2ClH/c21-20(22,23)13-18(25-10-8-24-9-11-25)17-7-6-16(12-19(17)26)27-14-15-4-2-1-3-5-15;;/h1-7,12,18,24,26H,8-11,13-14H2;2*1H/t18-;;/m1../s1. The molecule has 0 amide bonds. The molecule has 29 heavy (non-hydrogen) atoms. The highest BCUT2D eigenvalue weighted by Gasteiger charge is 2.37. The minimum atomic E-state index is -4.32. The molecule has 0 aromatic heterocycles. The van der Waals surface area contributed by atoms with Crippen molar-refractivity contribution in [3.8, 4) is 11.5 Å². The normalized spacial score (nSPS) is 15.7. The number of rotatable bonds is 6. The van der Waals surface area contributed by atoms with Gasteiger partial charge in [0.2, 0.25) is 0 Å². The van der Waals surface area contributed by atoms with Gasteiger partial charge in [-0.1, -0.05) is 36.4 Å². The molecule has 9 heteroatoms. The largest absolute Gasteiger partial charge is 0.507 e. The molecule has 0 spiro atoms.